The van der Waals surface area contributed by atoms with Gasteiger partial charge in [0.1, 0.15) is 0 Å². The number of hydrogen-bond donors (Lipinski definition) is 1. The number of tetrazole rings is 1. The lowest BCUT2D eigenvalue weighted by atomic mass is 10.2. The molecule has 1 saturated heterocycles. The first-order valence-corrected chi connectivity index (χ1v) is 8.95. The van der Waals surface area contributed by atoms with Crippen LogP contribution in [-0.2, 0) is 6.54 Å². The van der Waals surface area contributed by atoms with Crippen molar-refractivity contribution in [2.75, 3.05) is 24.7 Å². The van der Waals surface area contributed by atoms with E-state index in [-0.39, 0.29) is 6.03 Å². The first-order valence-electron chi connectivity index (χ1n) is 7.66. The molecular weight excluding hydrogens is 312 g/mol. The molecule has 0 bridgehead atoms. The van der Waals surface area contributed by atoms with Gasteiger partial charge < -0.3 is 10.2 Å². The zero-order valence-corrected chi connectivity index (χ0v) is 14.1. The first-order chi connectivity index (χ1) is 11.2. The fourth-order valence-corrected chi connectivity index (χ4v) is 3.34. The van der Waals surface area contributed by atoms with Crippen LogP contribution < -0.4 is 5.32 Å². The summed E-state index contributed by atoms with van der Waals surface area (Å²) in [5, 5.41) is 15.2. The van der Waals surface area contributed by atoms with Gasteiger partial charge in [0.2, 0.25) is 0 Å². The van der Waals surface area contributed by atoms with Crippen molar-refractivity contribution in [1.82, 2.24) is 25.1 Å². The topological polar surface area (TPSA) is 75.9 Å². The highest BCUT2D eigenvalue weighted by molar-refractivity contribution is 7.99. The van der Waals surface area contributed by atoms with E-state index < -0.39 is 0 Å². The molecule has 0 aliphatic carbocycles. The van der Waals surface area contributed by atoms with Gasteiger partial charge in [0.25, 0.3) is 0 Å². The Morgan fingerprint density at radius 1 is 1.48 bits per heavy atom. The SMILES string of the molecule is CCn1nnnc1-c1cccc(NC(=O)N2CCC(SC)C2)c1. The summed E-state index contributed by atoms with van der Waals surface area (Å²) in [6.45, 7) is 4.30. The third-order valence-corrected chi connectivity index (χ3v) is 5.02. The second-order valence-electron chi connectivity index (χ2n) is 5.42. The number of urea groups is 1. The van der Waals surface area contributed by atoms with Crippen molar-refractivity contribution in [3.8, 4) is 11.4 Å². The second kappa shape index (κ2) is 6.99. The third-order valence-electron chi connectivity index (χ3n) is 3.97. The van der Waals surface area contributed by atoms with Crippen LogP contribution in [0.5, 0.6) is 0 Å². The number of carbonyl (C=O) groups excluding carboxylic acids is 1. The van der Waals surface area contributed by atoms with E-state index in [4.69, 9.17) is 0 Å². The number of hydrogen-bond acceptors (Lipinski definition) is 5. The molecule has 3 rings (SSSR count). The summed E-state index contributed by atoms with van der Waals surface area (Å²) >= 11 is 1.82. The number of likely N-dealkylation sites (tertiary alicyclic amines) is 1. The minimum atomic E-state index is -0.0474. The van der Waals surface area contributed by atoms with E-state index in [1.54, 1.807) is 4.68 Å². The fourth-order valence-electron chi connectivity index (χ4n) is 2.67. The van der Waals surface area contributed by atoms with Gasteiger partial charge in [-0.05, 0) is 42.2 Å². The molecule has 1 aliphatic heterocycles. The Kier molecular flexibility index (Phi) is 4.80. The van der Waals surface area contributed by atoms with Crippen molar-refractivity contribution >= 4 is 23.5 Å². The van der Waals surface area contributed by atoms with Gasteiger partial charge in [0.15, 0.2) is 5.82 Å². The lowest BCUT2D eigenvalue weighted by molar-refractivity contribution is 0.222. The molecule has 1 aliphatic rings. The standard InChI is InChI=1S/C15H20N6OS/c1-3-21-14(17-18-19-21)11-5-4-6-12(9-11)16-15(22)20-8-7-13(10-20)23-2/h4-6,9,13H,3,7-8,10H2,1-2H3,(H,16,22). The molecule has 122 valence electrons. The van der Waals surface area contributed by atoms with Gasteiger partial charge in [0.05, 0.1) is 0 Å². The first kappa shape index (κ1) is 15.8. The predicted octanol–water partition coefficient (Wildman–Crippen LogP) is 2.33. The summed E-state index contributed by atoms with van der Waals surface area (Å²) in [4.78, 5) is 14.2. The number of rotatable bonds is 4. The highest BCUT2D eigenvalue weighted by Crippen LogP contribution is 2.23. The number of thioether (sulfide) groups is 1. The number of amides is 2. The molecule has 0 saturated carbocycles. The summed E-state index contributed by atoms with van der Waals surface area (Å²) in [6, 6.07) is 7.57. The van der Waals surface area contributed by atoms with Gasteiger partial charge in [-0.2, -0.15) is 11.8 Å². The molecule has 1 unspecified atom stereocenters. The van der Waals surface area contributed by atoms with E-state index in [9.17, 15) is 4.79 Å². The molecule has 2 amide bonds. The minimum absolute atomic E-state index is 0.0474. The van der Waals surface area contributed by atoms with Crippen LogP contribution in [-0.4, -0.2) is 55.7 Å². The molecule has 23 heavy (non-hydrogen) atoms. The van der Waals surface area contributed by atoms with E-state index >= 15 is 0 Å². The molecule has 7 nitrogen and oxygen atoms in total. The van der Waals surface area contributed by atoms with Crippen LogP contribution >= 0.6 is 11.8 Å². The van der Waals surface area contributed by atoms with Gasteiger partial charge in [-0.3, -0.25) is 0 Å². The monoisotopic (exact) mass is 332 g/mol. The summed E-state index contributed by atoms with van der Waals surface area (Å²) in [6.07, 6.45) is 3.15. The normalized spacial score (nSPS) is 17.5. The van der Waals surface area contributed by atoms with E-state index in [1.165, 1.54) is 0 Å². The molecule has 2 aromatic rings. The molecule has 2 heterocycles. The maximum Gasteiger partial charge on any atom is 0.321 e. The van der Waals surface area contributed by atoms with Crippen molar-refractivity contribution in [3.05, 3.63) is 24.3 Å². The Labute approximate surface area is 139 Å². The zero-order chi connectivity index (χ0) is 16.2. The van der Waals surface area contributed by atoms with Gasteiger partial charge >= 0.3 is 6.03 Å². The molecule has 1 fully saturated rings. The lowest BCUT2D eigenvalue weighted by Gasteiger charge is -2.17. The number of nitrogens with one attached hydrogen (secondary N) is 1. The van der Waals surface area contributed by atoms with Crippen molar-refractivity contribution in [2.24, 2.45) is 0 Å². The Morgan fingerprint density at radius 2 is 2.35 bits per heavy atom. The van der Waals surface area contributed by atoms with Gasteiger partial charge in [-0.25, -0.2) is 9.48 Å². The zero-order valence-electron chi connectivity index (χ0n) is 13.3. The average molecular weight is 332 g/mol. The van der Waals surface area contributed by atoms with Crippen LogP contribution in [0.15, 0.2) is 24.3 Å². The molecule has 1 N–H and O–H groups in total. The van der Waals surface area contributed by atoms with E-state index in [1.807, 2.05) is 47.9 Å². The van der Waals surface area contributed by atoms with Crippen molar-refractivity contribution in [1.29, 1.82) is 0 Å². The molecule has 1 aromatic heterocycles. The van der Waals surface area contributed by atoms with Crippen LogP contribution in [0.1, 0.15) is 13.3 Å². The van der Waals surface area contributed by atoms with Crippen molar-refractivity contribution in [2.45, 2.75) is 25.1 Å². The van der Waals surface area contributed by atoms with Crippen LogP contribution in [0, 0.1) is 0 Å². The van der Waals surface area contributed by atoms with E-state index in [0.717, 1.165) is 30.8 Å². The van der Waals surface area contributed by atoms with Crippen LogP contribution in [0.4, 0.5) is 10.5 Å². The molecule has 8 heteroatoms. The van der Waals surface area contributed by atoms with E-state index in [0.29, 0.717) is 17.6 Å². The Hall–Kier alpha value is -2.09. The molecule has 0 spiro atoms. The summed E-state index contributed by atoms with van der Waals surface area (Å²) in [5.74, 6) is 0.701. The van der Waals surface area contributed by atoms with Crippen molar-refractivity contribution in [3.63, 3.8) is 0 Å². The second-order valence-corrected chi connectivity index (χ2v) is 6.56. The van der Waals surface area contributed by atoms with Gasteiger partial charge in [0, 0.05) is 36.1 Å². The molecular formula is C15H20N6OS. The maximum atomic E-state index is 12.4. The number of benzene rings is 1. The summed E-state index contributed by atoms with van der Waals surface area (Å²) in [7, 11) is 0. The van der Waals surface area contributed by atoms with Crippen molar-refractivity contribution < 1.29 is 4.79 Å². The smallest absolute Gasteiger partial charge is 0.321 e. The molecule has 1 aromatic carbocycles. The van der Waals surface area contributed by atoms with E-state index in [2.05, 4.69) is 27.1 Å². The minimum Gasteiger partial charge on any atom is -0.323 e. The molecule has 0 radical (unpaired) electrons. The molecule has 1 atom stereocenters. The predicted molar refractivity (Wildman–Crippen MR) is 91.4 cm³/mol. The Morgan fingerprint density at radius 3 is 3.09 bits per heavy atom. The number of nitrogens with zero attached hydrogens (tertiary/aromatic N) is 5. The van der Waals surface area contributed by atoms with Crippen LogP contribution in [0.25, 0.3) is 11.4 Å². The number of aromatic nitrogens is 4. The van der Waals surface area contributed by atoms with Gasteiger partial charge in [-0.15, -0.1) is 5.10 Å². The third kappa shape index (κ3) is 3.47. The summed E-state index contributed by atoms with van der Waals surface area (Å²) < 4.78 is 1.73. The van der Waals surface area contributed by atoms with Crippen LogP contribution in [0.3, 0.4) is 0 Å². The Bertz CT molecular complexity index is 688. The quantitative estimate of drug-likeness (QED) is 0.930. The highest BCUT2D eigenvalue weighted by Gasteiger charge is 2.25. The highest BCUT2D eigenvalue weighted by atomic mass is 32.2. The average Bonchev–Trinajstić information content (AvgIpc) is 3.24. The van der Waals surface area contributed by atoms with Crippen LogP contribution in [0.2, 0.25) is 0 Å². The number of aryl methyl sites for hydroxylation is 1. The Balaban J connectivity index is 1.72. The largest absolute Gasteiger partial charge is 0.323 e. The lowest BCUT2D eigenvalue weighted by Crippen LogP contribution is -2.33. The summed E-state index contributed by atoms with van der Waals surface area (Å²) in [5.41, 5.74) is 1.64. The fraction of sp³-hybridized carbons (Fsp3) is 0.467. The number of anilines is 1. The number of carbonyl (C=O) groups is 1. The van der Waals surface area contributed by atoms with Gasteiger partial charge in [-0.1, -0.05) is 12.1 Å². The maximum absolute atomic E-state index is 12.4.